The molecule has 0 aliphatic rings. The van der Waals surface area contributed by atoms with E-state index in [1.165, 1.54) is 0 Å². The topological polar surface area (TPSA) is 86.2 Å². The number of nitrogens with zero attached hydrogens (tertiary/aromatic N) is 1. The highest BCUT2D eigenvalue weighted by Crippen LogP contribution is 2.21. The molecule has 0 bridgehead atoms. The molecule has 0 aliphatic heterocycles. The summed E-state index contributed by atoms with van der Waals surface area (Å²) in [7, 11) is -1.33. The van der Waals surface area contributed by atoms with Crippen molar-refractivity contribution in [2.24, 2.45) is 5.73 Å². The van der Waals surface area contributed by atoms with Crippen molar-refractivity contribution in [3.05, 3.63) is 39.7 Å². The molecule has 100 valence electrons. The fourth-order valence-electron chi connectivity index (χ4n) is 1.44. The number of benzene rings is 1. The van der Waals surface area contributed by atoms with Crippen LogP contribution < -0.4 is 5.73 Å². The summed E-state index contributed by atoms with van der Waals surface area (Å²) in [4.78, 5) is 10.1. The van der Waals surface area contributed by atoms with E-state index in [9.17, 15) is 18.7 Å². The highest BCUT2D eigenvalue weighted by atomic mass is 32.2. The summed E-state index contributed by atoms with van der Waals surface area (Å²) in [6.07, 6.45) is 0.678. The number of hydrogen-bond acceptors (Lipinski definition) is 4. The molecular formula is C11H15FN2O3S. The van der Waals surface area contributed by atoms with Crippen LogP contribution in [0.3, 0.4) is 0 Å². The van der Waals surface area contributed by atoms with Gasteiger partial charge in [-0.3, -0.25) is 14.3 Å². The first-order chi connectivity index (χ1) is 8.43. The minimum atomic E-state index is -1.33. The first kappa shape index (κ1) is 14.7. The SMILES string of the molecule is CCC(N)CS(=O)Cc1cc(F)ccc1[N+](=O)[O-]. The Morgan fingerprint density at radius 1 is 1.56 bits per heavy atom. The van der Waals surface area contributed by atoms with Gasteiger partial charge in [0, 0.05) is 34.2 Å². The smallest absolute Gasteiger partial charge is 0.273 e. The first-order valence-electron chi connectivity index (χ1n) is 5.47. The Morgan fingerprint density at radius 2 is 2.22 bits per heavy atom. The molecule has 0 saturated carbocycles. The van der Waals surface area contributed by atoms with Crippen molar-refractivity contribution in [3.8, 4) is 0 Å². The van der Waals surface area contributed by atoms with E-state index >= 15 is 0 Å². The number of nitrogens with two attached hydrogens (primary N) is 1. The molecule has 0 aliphatic carbocycles. The Kier molecular flexibility index (Phi) is 5.36. The quantitative estimate of drug-likeness (QED) is 0.632. The zero-order valence-electron chi connectivity index (χ0n) is 9.97. The predicted octanol–water partition coefficient (Wildman–Crippen LogP) is 1.72. The summed E-state index contributed by atoms with van der Waals surface area (Å²) in [5.74, 6) is -0.376. The van der Waals surface area contributed by atoms with E-state index in [4.69, 9.17) is 5.73 Å². The number of halogens is 1. The van der Waals surface area contributed by atoms with E-state index in [-0.39, 0.29) is 28.8 Å². The minimum Gasteiger partial charge on any atom is -0.327 e. The van der Waals surface area contributed by atoms with Gasteiger partial charge in [0.25, 0.3) is 5.69 Å². The number of hydrogen-bond donors (Lipinski definition) is 1. The summed E-state index contributed by atoms with van der Waals surface area (Å²) < 4.78 is 24.8. The molecule has 2 atom stereocenters. The van der Waals surface area contributed by atoms with Gasteiger partial charge in [0.1, 0.15) is 5.82 Å². The molecule has 0 amide bonds. The molecule has 2 unspecified atom stereocenters. The standard InChI is InChI=1S/C11H15FN2O3S/c1-2-10(13)7-18(17)6-8-5-9(12)3-4-11(8)14(15)16/h3-5,10H,2,6-7,13H2,1H3. The second kappa shape index (κ2) is 6.55. The Hall–Kier alpha value is -1.34. The average molecular weight is 274 g/mol. The molecule has 2 N–H and O–H groups in total. The average Bonchev–Trinajstić information content (AvgIpc) is 2.28. The molecule has 5 nitrogen and oxygen atoms in total. The predicted molar refractivity (Wildman–Crippen MR) is 68.0 cm³/mol. The molecule has 0 radical (unpaired) electrons. The van der Waals surface area contributed by atoms with Gasteiger partial charge < -0.3 is 5.73 Å². The second-order valence-electron chi connectivity index (χ2n) is 3.95. The molecule has 0 spiro atoms. The third-order valence-corrected chi connectivity index (χ3v) is 3.91. The largest absolute Gasteiger partial charge is 0.327 e. The molecule has 0 fully saturated rings. The zero-order valence-corrected chi connectivity index (χ0v) is 10.8. The van der Waals surface area contributed by atoms with Crippen molar-refractivity contribution >= 4 is 16.5 Å². The second-order valence-corrected chi connectivity index (χ2v) is 5.45. The van der Waals surface area contributed by atoms with E-state index in [0.29, 0.717) is 6.42 Å². The molecule has 0 heterocycles. The first-order valence-corrected chi connectivity index (χ1v) is 6.96. The Bertz CT molecular complexity index is 468. The number of nitro benzene ring substituents is 1. The van der Waals surface area contributed by atoms with E-state index in [2.05, 4.69) is 0 Å². The summed E-state index contributed by atoms with van der Waals surface area (Å²) in [5, 5.41) is 10.8. The summed E-state index contributed by atoms with van der Waals surface area (Å²) >= 11 is 0. The van der Waals surface area contributed by atoms with Gasteiger partial charge in [-0.1, -0.05) is 6.92 Å². The van der Waals surface area contributed by atoms with E-state index in [1.54, 1.807) is 0 Å². The van der Waals surface area contributed by atoms with Gasteiger partial charge in [-0.25, -0.2) is 4.39 Å². The van der Waals surface area contributed by atoms with E-state index < -0.39 is 21.5 Å². The van der Waals surface area contributed by atoms with Crippen LogP contribution in [0.5, 0.6) is 0 Å². The molecule has 1 aromatic carbocycles. The summed E-state index contributed by atoms with van der Waals surface area (Å²) in [6.45, 7) is 1.87. The lowest BCUT2D eigenvalue weighted by Gasteiger charge is -2.08. The van der Waals surface area contributed by atoms with E-state index in [1.807, 2.05) is 6.92 Å². The van der Waals surface area contributed by atoms with Crippen molar-refractivity contribution in [3.63, 3.8) is 0 Å². The molecule has 18 heavy (non-hydrogen) atoms. The van der Waals surface area contributed by atoms with Crippen LogP contribution in [0.15, 0.2) is 18.2 Å². The Morgan fingerprint density at radius 3 is 2.78 bits per heavy atom. The van der Waals surface area contributed by atoms with Gasteiger partial charge in [-0.15, -0.1) is 0 Å². The van der Waals surface area contributed by atoms with Crippen molar-refractivity contribution < 1.29 is 13.5 Å². The van der Waals surface area contributed by atoms with Gasteiger partial charge in [-0.2, -0.15) is 0 Å². The Balaban J connectivity index is 2.86. The van der Waals surface area contributed by atoms with Crippen LogP contribution >= 0.6 is 0 Å². The normalized spacial score (nSPS) is 14.2. The van der Waals surface area contributed by atoms with Crippen LogP contribution in [0, 0.1) is 15.9 Å². The van der Waals surface area contributed by atoms with E-state index in [0.717, 1.165) is 18.2 Å². The minimum absolute atomic E-state index is 0.0538. The van der Waals surface area contributed by atoms with Crippen LogP contribution in [-0.2, 0) is 16.6 Å². The zero-order chi connectivity index (χ0) is 13.7. The molecule has 1 rings (SSSR count). The molecule has 0 aromatic heterocycles. The maximum Gasteiger partial charge on any atom is 0.273 e. The van der Waals surface area contributed by atoms with Gasteiger partial charge >= 0.3 is 0 Å². The maximum atomic E-state index is 13.0. The highest BCUT2D eigenvalue weighted by molar-refractivity contribution is 7.84. The van der Waals surface area contributed by atoms with Gasteiger partial charge in [0.15, 0.2) is 0 Å². The fourth-order valence-corrected chi connectivity index (χ4v) is 2.85. The van der Waals surface area contributed by atoms with Crippen molar-refractivity contribution in [1.82, 2.24) is 0 Å². The van der Waals surface area contributed by atoms with Crippen LogP contribution in [0.25, 0.3) is 0 Å². The molecule has 1 aromatic rings. The molecular weight excluding hydrogens is 259 g/mol. The summed E-state index contributed by atoms with van der Waals surface area (Å²) in [6, 6.07) is 2.94. The van der Waals surface area contributed by atoms with Gasteiger partial charge in [-0.05, 0) is 18.6 Å². The lowest BCUT2D eigenvalue weighted by Crippen LogP contribution is -2.26. The lowest BCUT2D eigenvalue weighted by molar-refractivity contribution is -0.385. The summed E-state index contributed by atoms with van der Waals surface area (Å²) in [5.41, 5.74) is 5.58. The molecule has 0 saturated heterocycles. The van der Waals surface area contributed by atoms with Crippen LogP contribution in [0.4, 0.5) is 10.1 Å². The third kappa shape index (κ3) is 4.15. The Labute approximate surface area is 107 Å². The molecule has 7 heteroatoms. The van der Waals surface area contributed by atoms with Gasteiger partial charge in [0.2, 0.25) is 0 Å². The van der Waals surface area contributed by atoms with Crippen molar-refractivity contribution in [2.75, 3.05) is 5.75 Å². The van der Waals surface area contributed by atoms with Crippen LogP contribution in [0.2, 0.25) is 0 Å². The van der Waals surface area contributed by atoms with Gasteiger partial charge in [0.05, 0.1) is 10.7 Å². The monoisotopic (exact) mass is 274 g/mol. The third-order valence-electron chi connectivity index (χ3n) is 2.48. The number of rotatable bonds is 6. The van der Waals surface area contributed by atoms with Crippen molar-refractivity contribution in [1.29, 1.82) is 0 Å². The number of nitro groups is 1. The van der Waals surface area contributed by atoms with Crippen LogP contribution in [-0.4, -0.2) is 20.9 Å². The highest BCUT2D eigenvalue weighted by Gasteiger charge is 2.17. The fraction of sp³-hybridized carbons (Fsp3) is 0.455. The van der Waals surface area contributed by atoms with Crippen molar-refractivity contribution in [2.45, 2.75) is 25.1 Å². The lowest BCUT2D eigenvalue weighted by atomic mass is 10.2. The van der Waals surface area contributed by atoms with Crippen LogP contribution in [0.1, 0.15) is 18.9 Å². The maximum absolute atomic E-state index is 13.0.